The van der Waals surface area contributed by atoms with Crippen LogP contribution < -0.4 is 10.5 Å². The van der Waals surface area contributed by atoms with Crippen LogP contribution in [0, 0.1) is 5.92 Å². The maximum atomic E-state index is 13.1. The van der Waals surface area contributed by atoms with Crippen LogP contribution in [0.4, 0.5) is 5.95 Å². The van der Waals surface area contributed by atoms with E-state index in [-0.39, 0.29) is 17.3 Å². The quantitative estimate of drug-likeness (QED) is 0.463. The molecule has 154 valence electrons. The number of hydrogen-bond donors (Lipinski definition) is 0. The van der Waals surface area contributed by atoms with Gasteiger partial charge in [-0.2, -0.15) is 0 Å². The summed E-state index contributed by atoms with van der Waals surface area (Å²) in [5.41, 5.74) is 1.69. The second-order valence-corrected chi connectivity index (χ2v) is 8.19. The van der Waals surface area contributed by atoms with Gasteiger partial charge in [-0.05, 0) is 37.3 Å². The summed E-state index contributed by atoms with van der Waals surface area (Å²) in [7, 11) is 1.71. The molecule has 7 nitrogen and oxygen atoms in total. The van der Waals surface area contributed by atoms with Crippen LogP contribution in [0.2, 0.25) is 0 Å². The second-order valence-electron chi connectivity index (χ2n) is 7.31. The smallest absolute Gasteiger partial charge is 0.255 e. The second kappa shape index (κ2) is 8.79. The minimum absolute atomic E-state index is 0.126. The highest BCUT2D eigenvalue weighted by Crippen LogP contribution is 2.26. The molecule has 1 aliphatic rings. The summed E-state index contributed by atoms with van der Waals surface area (Å²) in [6.45, 7) is 1.29. The number of aromatic nitrogens is 4. The molecule has 0 spiro atoms. The summed E-state index contributed by atoms with van der Waals surface area (Å²) >= 11 is 1.66. The molecule has 1 atom stereocenters. The zero-order valence-electron chi connectivity index (χ0n) is 17.0. The minimum atomic E-state index is -0.158. The fourth-order valence-corrected chi connectivity index (χ4v) is 4.16. The van der Waals surface area contributed by atoms with E-state index in [1.807, 2.05) is 35.4 Å². The van der Waals surface area contributed by atoms with Crippen LogP contribution in [0.25, 0.3) is 11.4 Å². The number of benzene rings is 1. The van der Waals surface area contributed by atoms with Crippen LogP contribution in [-0.4, -0.2) is 44.6 Å². The molecule has 1 saturated heterocycles. The predicted molar refractivity (Wildman–Crippen MR) is 118 cm³/mol. The van der Waals surface area contributed by atoms with E-state index in [4.69, 9.17) is 4.98 Å². The topological polar surface area (TPSA) is 81.0 Å². The maximum Gasteiger partial charge on any atom is 0.255 e. The van der Waals surface area contributed by atoms with Crippen molar-refractivity contribution in [2.75, 3.05) is 24.2 Å². The number of ketones is 1. The molecule has 0 radical (unpaired) electrons. The molecule has 0 N–H and O–H groups in total. The van der Waals surface area contributed by atoms with E-state index >= 15 is 0 Å². The molecular weight excluding hydrogens is 398 g/mol. The number of hydrogen-bond acceptors (Lipinski definition) is 7. The van der Waals surface area contributed by atoms with Crippen LogP contribution in [0.5, 0.6) is 0 Å². The van der Waals surface area contributed by atoms with Crippen molar-refractivity contribution in [2.24, 2.45) is 13.0 Å². The summed E-state index contributed by atoms with van der Waals surface area (Å²) in [6.07, 6.45) is 6.78. The molecule has 4 rings (SSSR count). The molecule has 0 saturated carbocycles. The van der Waals surface area contributed by atoms with E-state index in [1.165, 1.54) is 17.0 Å². The Morgan fingerprint density at radius 3 is 2.67 bits per heavy atom. The Morgan fingerprint density at radius 2 is 1.97 bits per heavy atom. The minimum Gasteiger partial charge on any atom is -0.341 e. The van der Waals surface area contributed by atoms with Crippen LogP contribution in [0.3, 0.4) is 0 Å². The van der Waals surface area contributed by atoms with Gasteiger partial charge in [0.1, 0.15) is 6.33 Å². The van der Waals surface area contributed by atoms with Gasteiger partial charge in [0.05, 0.1) is 11.4 Å². The Labute approximate surface area is 179 Å². The van der Waals surface area contributed by atoms with Crippen molar-refractivity contribution in [3.05, 3.63) is 64.8 Å². The Kier molecular flexibility index (Phi) is 5.94. The van der Waals surface area contributed by atoms with Gasteiger partial charge < -0.3 is 4.90 Å². The highest BCUT2D eigenvalue weighted by Gasteiger charge is 2.28. The molecular formula is C22H23N5O2S. The number of anilines is 1. The lowest BCUT2D eigenvalue weighted by molar-refractivity contribution is 0.0906. The van der Waals surface area contributed by atoms with Gasteiger partial charge in [0.25, 0.3) is 5.56 Å². The molecule has 2 aromatic heterocycles. The van der Waals surface area contributed by atoms with Crippen molar-refractivity contribution >= 4 is 23.5 Å². The maximum absolute atomic E-state index is 13.1. The zero-order chi connectivity index (χ0) is 21.1. The molecule has 1 fully saturated rings. The number of carbonyl (C=O) groups excluding carboxylic acids is 1. The van der Waals surface area contributed by atoms with E-state index in [0.717, 1.165) is 29.8 Å². The number of carbonyl (C=O) groups is 1. The molecule has 1 aromatic carbocycles. The fourth-order valence-electron chi connectivity index (χ4n) is 3.75. The summed E-state index contributed by atoms with van der Waals surface area (Å²) in [6, 6.07) is 11.0. The van der Waals surface area contributed by atoms with Crippen LogP contribution >= 0.6 is 11.8 Å². The van der Waals surface area contributed by atoms with Gasteiger partial charge >= 0.3 is 0 Å². The molecule has 3 aromatic rings. The molecule has 1 aliphatic heterocycles. The lowest BCUT2D eigenvalue weighted by atomic mass is 9.90. The van der Waals surface area contributed by atoms with Crippen LogP contribution in [0.1, 0.15) is 23.2 Å². The molecule has 0 amide bonds. The summed E-state index contributed by atoms with van der Waals surface area (Å²) < 4.78 is 1.53. The van der Waals surface area contributed by atoms with E-state index in [1.54, 1.807) is 31.1 Å². The van der Waals surface area contributed by atoms with Gasteiger partial charge in [-0.15, -0.1) is 11.8 Å². The highest BCUT2D eigenvalue weighted by molar-refractivity contribution is 7.98. The third-order valence-corrected chi connectivity index (χ3v) is 6.15. The normalized spacial score (nSPS) is 16.5. The van der Waals surface area contributed by atoms with Crippen molar-refractivity contribution in [1.82, 2.24) is 19.5 Å². The van der Waals surface area contributed by atoms with Crippen molar-refractivity contribution < 1.29 is 4.79 Å². The first-order valence-corrected chi connectivity index (χ1v) is 11.1. The van der Waals surface area contributed by atoms with Gasteiger partial charge in [0.2, 0.25) is 5.95 Å². The Hall–Kier alpha value is -3.00. The van der Waals surface area contributed by atoms with Gasteiger partial charge in [-0.3, -0.25) is 14.2 Å². The number of rotatable bonds is 5. The van der Waals surface area contributed by atoms with Gasteiger partial charge in [-0.1, -0.05) is 12.1 Å². The van der Waals surface area contributed by atoms with Crippen molar-refractivity contribution in [2.45, 2.75) is 17.7 Å². The van der Waals surface area contributed by atoms with E-state index in [0.29, 0.717) is 23.9 Å². The standard InChI is InChI=1S/C22H23N5O2S/c1-26-20(28)12-19(18-9-10-23-14-24-18)25-22(26)27-11-3-4-16(13-27)21(29)15-5-7-17(30-2)8-6-15/h5-10,12,14,16H,3-4,11,13H2,1-2H3. The lowest BCUT2D eigenvalue weighted by Crippen LogP contribution is -2.41. The van der Waals surface area contributed by atoms with Crippen molar-refractivity contribution in [3.63, 3.8) is 0 Å². The van der Waals surface area contributed by atoms with E-state index < -0.39 is 0 Å². The number of Topliss-reactive ketones (excluding diaryl/α,β-unsaturated/α-hetero) is 1. The fraction of sp³-hybridized carbons (Fsp3) is 0.318. The molecule has 8 heteroatoms. The molecule has 1 unspecified atom stereocenters. The third kappa shape index (κ3) is 4.14. The average Bonchev–Trinajstić information content (AvgIpc) is 2.81. The highest BCUT2D eigenvalue weighted by atomic mass is 32.2. The van der Waals surface area contributed by atoms with E-state index in [2.05, 4.69) is 9.97 Å². The number of nitrogens with zero attached hydrogens (tertiary/aromatic N) is 5. The largest absolute Gasteiger partial charge is 0.341 e. The van der Waals surface area contributed by atoms with Crippen LogP contribution in [-0.2, 0) is 7.05 Å². The third-order valence-electron chi connectivity index (χ3n) is 5.41. The summed E-state index contributed by atoms with van der Waals surface area (Å²) in [5, 5.41) is 0. The first kappa shape index (κ1) is 20.3. The molecule has 0 bridgehead atoms. The van der Waals surface area contributed by atoms with Crippen LogP contribution in [0.15, 0.2) is 58.6 Å². The SMILES string of the molecule is CSc1ccc(C(=O)C2CCCN(c3nc(-c4ccncn4)cc(=O)n3C)C2)cc1. The van der Waals surface area contributed by atoms with Gasteiger partial charge in [0, 0.05) is 48.8 Å². The molecule has 30 heavy (non-hydrogen) atoms. The average molecular weight is 422 g/mol. The Balaban J connectivity index is 1.60. The Bertz CT molecular complexity index is 1100. The van der Waals surface area contributed by atoms with Crippen molar-refractivity contribution in [1.29, 1.82) is 0 Å². The van der Waals surface area contributed by atoms with Crippen molar-refractivity contribution in [3.8, 4) is 11.4 Å². The van der Waals surface area contributed by atoms with E-state index in [9.17, 15) is 9.59 Å². The first-order valence-electron chi connectivity index (χ1n) is 9.84. The zero-order valence-corrected chi connectivity index (χ0v) is 17.8. The first-order chi connectivity index (χ1) is 14.6. The Morgan fingerprint density at radius 1 is 1.17 bits per heavy atom. The lowest BCUT2D eigenvalue weighted by Gasteiger charge is -2.33. The van der Waals surface area contributed by atoms with Gasteiger partial charge in [-0.25, -0.2) is 15.0 Å². The predicted octanol–water partition coefficient (Wildman–Crippen LogP) is 3.06. The number of piperidine rings is 1. The monoisotopic (exact) mass is 421 g/mol. The van der Waals surface area contributed by atoms with Gasteiger partial charge in [0.15, 0.2) is 5.78 Å². The molecule has 3 heterocycles. The number of thioether (sulfide) groups is 1. The molecule has 0 aliphatic carbocycles. The summed E-state index contributed by atoms with van der Waals surface area (Å²) in [4.78, 5) is 41.6. The summed E-state index contributed by atoms with van der Waals surface area (Å²) in [5.74, 6) is 0.578.